The van der Waals surface area contributed by atoms with E-state index in [2.05, 4.69) is 20.2 Å². The van der Waals surface area contributed by atoms with Crippen LogP contribution in [0.2, 0.25) is 0 Å². The van der Waals surface area contributed by atoms with Gasteiger partial charge in [-0.3, -0.25) is 9.59 Å². The van der Waals surface area contributed by atoms with Crippen LogP contribution in [-0.4, -0.2) is 34.7 Å². The Morgan fingerprint density at radius 3 is 2.38 bits per heavy atom. The average Bonchev–Trinajstić information content (AvgIpc) is 3.09. The first kappa shape index (κ1) is 16.1. The highest BCUT2D eigenvalue weighted by Gasteiger charge is 2.17. The summed E-state index contributed by atoms with van der Waals surface area (Å²) in [6.45, 7) is 5.23. The van der Waals surface area contributed by atoms with E-state index < -0.39 is 0 Å². The number of nitrogens with zero attached hydrogens (tertiary/aromatic N) is 3. The number of carbonyl (C=O) groups excluding carboxylic acids is 2. The minimum absolute atomic E-state index is 0.00504. The van der Waals surface area contributed by atoms with Crippen molar-refractivity contribution in [1.82, 2.24) is 9.97 Å². The number of Topliss-reactive ketones (excluding diaryl/α,β-unsaturated/α-hetero) is 1. The van der Waals surface area contributed by atoms with Crippen molar-refractivity contribution in [1.29, 1.82) is 0 Å². The third kappa shape index (κ3) is 3.59. The van der Waals surface area contributed by atoms with E-state index in [1.54, 1.807) is 37.3 Å². The predicted molar refractivity (Wildman–Crippen MR) is 92.6 cm³/mol. The molecule has 1 amide bonds. The molecule has 124 valence electrons. The summed E-state index contributed by atoms with van der Waals surface area (Å²) in [4.78, 5) is 34.6. The molecule has 0 radical (unpaired) electrons. The van der Waals surface area contributed by atoms with E-state index in [0.717, 1.165) is 31.7 Å². The van der Waals surface area contributed by atoms with Crippen molar-refractivity contribution < 1.29 is 9.59 Å². The summed E-state index contributed by atoms with van der Waals surface area (Å²) in [5, 5.41) is 2.81. The van der Waals surface area contributed by atoms with Gasteiger partial charge in [-0.2, -0.15) is 0 Å². The van der Waals surface area contributed by atoms with Gasteiger partial charge in [0.25, 0.3) is 5.91 Å². The van der Waals surface area contributed by atoms with E-state index in [1.165, 1.54) is 6.92 Å². The predicted octanol–water partition coefficient (Wildman–Crippen LogP) is 2.84. The molecule has 1 aromatic carbocycles. The number of benzene rings is 1. The number of ketones is 1. The van der Waals surface area contributed by atoms with Gasteiger partial charge in [0.05, 0.1) is 0 Å². The highest BCUT2D eigenvalue weighted by molar-refractivity contribution is 6.03. The lowest BCUT2D eigenvalue weighted by Gasteiger charge is -2.17. The third-order valence-electron chi connectivity index (χ3n) is 4.04. The molecular weight excluding hydrogens is 304 g/mol. The standard InChI is InChI=1S/C18H20N4O2/c1-12(23)14-5-7-15(8-6-14)21-18(24)16-11-17(20-13(2)19-16)22-9-3-4-10-22/h5-8,11H,3-4,9-10H2,1-2H3,(H,21,24). The third-order valence-corrected chi connectivity index (χ3v) is 4.04. The van der Waals surface area contributed by atoms with Crippen LogP contribution in [0, 0.1) is 6.92 Å². The van der Waals surface area contributed by atoms with Gasteiger partial charge in [0.15, 0.2) is 5.78 Å². The number of aryl methyl sites for hydroxylation is 1. The van der Waals surface area contributed by atoms with Crippen LogP contribution in [0.1, 0.15) is 46.4 Å². The maximum Gasteiger partial charge on any atom is 0.274 e. The van der Waals surface area contributed by atoms with Crippen LogP contribution in [0.3, 0.4) is 0 Å². The van der Waals surface area contributed by atoms with Gasteiger partial charge in [-0.15, -0.1) is 0 Å². The fraction of sp³-hybridized carbons (Fsp3) is 0.333. The Bertz CT molecular complexity index is 765. The molecule has 3 rings (SSSR count). The van der Waals surface area contributed by atoms with Crippen molar-refractivity contribution in [3.05, 3.63) is 47.4 Å². The largest absolute Gasteiger partial charge is 0.356 e. The van der Waals surface area contributed by atoms with E-state index in [4.69, 9.17) is 0 Å². The minimum Gasteiger partial charge on any atom is -0.356 e. The smallest absolute Gasteiger partial charge is 0.274 e. The van der Waals surface area contributed by atoms with E-state index in [0.29, 0.717) is 22.8 Å². The fourth-order valence-electron chi connectivity index (χ4n) is 2.76. The van der Waals surface area contributed by atoms with Gasteiger partial charge in [0, 0.05) is 30.4 Å². The fourth-order valence-corrected chi connectivity index (χ4v) is 2.76. The Morgan fingerprint density at radius 2 is 1.75 bits per heavy atom. The van der Waals surface area contributed by atoms with E-state index in [1.807, 2.05) is 0 Å². The monoisotopic (exact) mass is 324 g/mol. The summed E-state index contributed by atoms with van der Waals surface area (Å²) in [6.07, 6.45) is 2.29. The maximum atomic E-state index is 12.5. The number of aromatic nitrogens is 2. The number of rotatable bonds is 4. The first-order chi connectivity index (χ1) is 11.5. The SMILES string of the molecule is CC(=O)c1ccc(NC(=O)c2cc(N3CCCC3)nc(C)n2)cc1. The van der Waals surface area contributed by atoms with Crippen LogP contribution in [0.25, 0.3) is 0 Å². The van der Waals surface area contributed by atoms with Crippen LogP contribution in [0.4, 0.5) is 11.5 Å². The molecule has 1 aromatic heterocycles. The highest BCUT2D eigenvalue weighted by atomic mass is 16.2. The molecule has 2 aromatic rings. The summed E-state index contributed by atoms with van der Waals surface area (Å²) in [5.41, 5.74) is 1.59. The Hall–Kier alpha value is -2.76. The zero-order chi connectivity index (χ0) is 17.1. The first-order valence-electron chi connectivity index (χ1n) is 8.06. The molecule has 1 aliphatic heterocycles. The van der Waals surface area contributed by atoms with E-state index >= 15 is 0 Å². The summed E-state index contributed by atoms with van der Waals surface area (Å²) in [7, 11) is 0. The van der Waals surface area contributed by atoms with Crippen molar-refractivity contribution >= 4 is 23.2 Å². The van der Waals surface area contributed by atoms with Gasteiger partial charge in [0.2, 0.25) is 0 Å². The van der Waals surface area contributed by atoms with Crippen molar-refractivity contribution in [3.63, 3.8) is 0 Å². The van der Waals surface area contributed by atoms with Crippen LogP contribution >= 0.6 is 0 Å². The van der Waals surface area contributed by atoms with Gasteiger partial charge >= 0.3 is 0 Å². The van der Waals surface area contributed by atoms with Crippen molar-refractivity contribution in [2.24, 2.45) is 0 Å². The lowest BCUT2D eigenvalue weighted by molar-refractivity contribution is 0.101. The van der Waals surface area contributed by atoms with Crippen molar-refractivity contribution in [2.75, 3.05) is 23.3 Å². The van der Waals surface area contributed by atoms with E-state index in [-0.39, 0.29) is 11.7 Å². The number of anilines is 2. The van der Waals surface area contributed by atoms with Crippen molar-refractivity contribution in [2.45, 2.75) is 26.7 Å². The first-order valence-corrected chi connectivity index (χ1v) is 8.06. The normalized spacial score (nSPS) is 13.8. The molecule has 0 saturated carbocycles. The van der Waals surface area contributed by atoms with Gasteiger partial charge < -0.3 is 10.2 Å². The molecule has 1 saturated heterocycles. The number of hydrogen-bond acceptors (Lipinski definition) is 5. The van der Waals surface area contributed by atoms with Crippen LogP contribution < -0.4 is 10.2 Å². The number of hydrogen-bond donors (Lipinski definition) is 1. The molecule has 1 fully saturated rings. The van der Waals surface area contributed by atoms with Crippen molar-refractivity contribution in [3.8, 4) is 0 Å². The highest BCUT2D eigenvalue weighted by Crippen LogP contribution is 2.19. The lowest BCUT2D eigenvalue weighted by Crippen LogP contribution is -2.22. The zero-order valence-corrected chi connectivity index (χ0v) is 13.9. The molecule has 0 aliphatic carbocycles. The molecule has 1 N–H and O–H groups in total. The molecule has 0 bridgehead atoms. The van der Waals surface area contributed by atoms with Gasteiger partial charge in [-0.1, -0.05) is 0 Å². The van der Waals surface area contributed by atoms with E-state index in [9.17, 15) is 9.59 Å². The maximum absolute atomic E-state index is 12.5. The van der Waals surface area contributed by atoms with Gasteiger partial charge in [-0.25, -0.2) is 9.97 Å². The zero-order valence-electron chi connectivity index (χ0n) is 13.9. The average molecular weight is 324 g/mol. The molecular formula is C18H20N4O2. The Balaban J connectivity index is 1.78. The molecule has 0 unspecified atom stereocenters. The molecule has 1 aliphatic rings. The van der Waals surface area contributed by atoms with Crippen LogP contribution in [0.15, 0.2) is 30.3 Å². The molecule has 0 spiro atoms. The second-order valence-electron chi connectivity index (χ2n) is 5.94. The second kappa shape index (κ2) is 6.78. The lowest BCUT2D eigenvalue weighted by atomic mass is 10.1. The van der Waals surface area contributed by atoms with Crippen LogP contribution in [0.5, 0.6) is 0 Å². The van der Waals surface area contributed by atoms with Gasteiger partial charge in [-0.05, 0) is 51.0 Å². The Kier molecular flexibility index (Phi) is 4.55. The number of carbonyl (C=O) groups is 2. The minimum atomic E-state index is -0.281. The van der Waals surface area contributed by atoms with Crippen LogP contribution in [-0.2, 0) is 0 Å². The summed E-state index contributed by atoms with van der Waals surface area (Å²) >= 11 is 0. The van der Waals surface area contributed by atoms with Gasteiger partial charge in [0.1, 0.15) is 17.3 Å². The molecule has 0 atom stereocenters. The number of nitrogens with one attached hydrogen (secondary N) is 1. The Labute approximate surface area is 140 Å². The summed E-state index contributed by atoms with van der Waals surface area (Å²) < 4.78 is 0. The number of amides is 1. The summed E-state index contributed by atoms with van der Waals surface area (Å²) in [5.74, 6) is 1.10. The molecule has 2 heterocycles. The topological polar surface area (TPSA) is 75.2 Å². The Morgan fingerprint density at radius 1 is 1.08 bits per heavy atom. The quantitative estimate of drug-likeness (QED) is 0.875. The summed E-state index contributed by atoms with van der Waals surface area (Å²) in [6, 6.07) is 8.55. The molecule has 6 nitrogen and oxygen atoms in total. The molecule has 6 heteroatoms. The molecule has 24 heavy (non-hydrogen) atoms. The second-order valence-corrected chi connectivity index (χ2v) is 5.94.